The van der Waals surface area contributed by atoms with Crippen LogP contribution in [-0.2, 0) is 6.54 Å². The second-order valence-electron chi connectivity index (χ2n) is 4.64. The summed E-state index contributed by atoms with van der Waals surface area (Å²) < 4.78 is 16.3. The minimum atomic E-state index is -0.447. The predicted molar refractivity (Wildman–Crippen MR) is 74.1 cm³/mol. The average molecular weight is 303 g/mol. The summed E-state index contributed by atoms with van der Waals surface area (Å²) in [6.45, 7) is 0.490. The van der Waals surface area contributed by atoms with Gasteiger partial charge < -0.3 is 19.5 Å². The van der Waals surface area contributed by atoms with Crippen LogP contribution in [0.1, 0.15) is 16.1 Å². The molecule has 1 aliphatic heterocycles. The first-order chi connectivity index (χ1) is 10.7. The first-order valence-electron chi connectivity index (χ1n) is 6.63. The van der Waals surface area contributed by atoms with E-state index in [-0.39, 0.29) is 24.8 Å². The van der Waals surface area contributed by atoms with E-state index in [1.807, 2.05) is 6.07 Å². The Bertz CT molecular complexity index is 717. The lowest BCUT2D eigenvalue weighted by atomic mass is 10.2. The third-order valence-corrected chi connectivity index (χ3v) is 3.26. The van der Waals surface area contributed by atoms with Gasteiger partial charge in [0.1, 0.15) is 0 Å². The van der Waals surface area contributed by atoms with Crippen LogP contribution in [0.25, 0.3) is 0 Å². The minimum Gasteiger partial charge on any atom is -0.490 e. The predicted octanol–water partition coefficient (Wildman–Crippen LogP) is 0.879. The van der Waals surface area contributed by atoms with E-state index in [0.29, 0.717) is 11.5 Å². The van der Waals surface area contributed by atoms with Crippen molar-refractivity contribution in [3.05, 3.63) is 47.8 Å². The van der Waals surface area contributed by atoms with E-state index in [1.54, 1.807) is 24.3 Å². The van der Waals surface area contributed by atoms with E-state index in [9.17, 15) is 10.0 Å². The molecular formula is C15H15N2O5+. The Balaban J connectivity index is 1.73. The van der Waals surface area contributed by atoms with Crippen LogP contribution in [0.5, 0.6) is 17.2 Å². The Kier molecular flexibility index (Phi) is 3.69. The van der Waals surface area contributed by atoms with Crippen LogP contribution >= 0.6 is 0 Å². The van der Waals surface area contributed by atoms with Gasteiger partial charge in [-0.2, -0.15) is 0 Å². The number of methoxy groups -OCH3 is 1. The summed E-state index contributed by atoms with van der Waals surface area (Å²) in [7, 11) is 1.43. The van der Waals surface area contributed by atoms with Crippen LogP contribution in [0, 0.1) is 0 Å². The summed E-state index contributed by atoms with van der Waals surface area (Å²) in [5.41, 5.74) is 0.891. The molecule has 7 nitrogen and oxygen atoms in total. The lowest BCUT2D eigenvalue weighted by Crippen LogP contribution is -2.41. The van der Waals surface area contributed by atoms with E-state index in [2.05, 4.69) is 5.32 Å². The maximum absolute atomic E-state index is 12.2. The largest absolute Gasteiger partial charge is 0.490 e. The maximum Gasteiger partial charge on any atom is 0.362 e. The third kappa shape index (κ3) is 2.60. The molecule has 1 aromatic carbocycles. The molecule has 0 saturated heterocycles. The molecule has 0 spiro atoms. The number of carbonyl (C=O) groups is 1. The molecule has 2 aromatic rings. The topological polar surface area (TPSA) is 80.9 Å². The van der Waals surface area contributed by atoms with Gasteiger partial charge in [0.15, 0.2) is 11.5 Å². The molecule has 0 saturated carbocycles. The summed E-state index contributed by atoms with van der Waals surface area (Å²) in [4.78, 5) is 12.2. The van der Waals surface area contributed by atoms with Gasteiger partial charge in [0.05, 0.1) is 7.11 Å². The molecule has 1 aromatic heterocycles. The van der Waals surface area contributed by atoms with Crippen molar-refractivity contribution in [1.82, 2.24) is 5.32 Å². The summed E-state index contributed by atoms with van der Waals surface area (Å²) in [6, 6.07) is 8.61. The Labute approximate surface area is 126 Å². The number of amides is 1. The number of nitrogens with zero attached hydrogens (tertiary/aromatic N) is 1. The van der Waals surface area contributed by atoms with Crippen molar-refractivity contribution in [3.63, 3.8) is 0 Å². The fourth-order valence-electron chi connectivity index (χ4n) is 2.18. The molecule has 1 aliphatic rings. The summed E-state index contributed by atoms with van der Waals surface area (Å²) in [6.07, 6.45) is 1.36. The Morgan fingerprint density at radius 1 is 1.36 bits per heavy atom. The smallest absolute Gasteiger partial charge is 0.362 e. The summed E-state index contributed by atoms with van der Waals surface area (Å²) in [5, 5.41) is 12.5. The average Bonchev–Trinajstić information content (AvgIpc) is 2.99. The minimum absolute atomic E-state index is 0.0331. The van der Waals surface area contributed by atoms with Crippen LogP contribution < -0.4 is 24.3 Å². The molecule has 0 unspecified atom stereocenters. The molecule has 0 radical (unpaired) electrons. The number of benzene rings is 1. The number of hydrogen-bond acceptors (Lipinski definition) is 5. The highest BCUT2D eigenvalue weighted by atomic mass is 16.7. The van der Waals surface area contributed by atoms with Crippen LogP contribution in [0.15, 0.2) is 36.5 Å². The van der Waals surface area contributed by atoms with E-state index in [1.165, 1.54) is 13.3 Å². The van der Waals surface area contributed by atoms with Gasteiger partial charge in [-0.05, 0) is 23.8 Å². The number of pyridine rings is 1. The second-order valence-corrected chi connectivity index (χ2v) is 4.64. The molecule has 7 heteroatoms. The number of hydrogen-bond donors (Lipinski definition) is 2. The Morgan fingerprint density at radius 2 is 2.18 bits per heavy atom. The van der Waals surface area contributed by atoms with Crippen molar-refractivity contribution in [1.29, 1.82) is 0 Å². The van der Waals surface area contributed by atoms with Gasteiger partial charge in [0.2, 0.25) is 18.7 Å². The van der Waals surface area contributed by atoms with E-state index in [0.717, 1.165) is 10.3 Å². The molecule has 0 fully saturated rings. The fourth-order valence-corrected chi connectivity index (χ4v) is 2.18. The van der Waals surface area contributed by atoms with Crippen LogP contribution in [0.2, 0.25) is 0 Å². The number of rotatable bonds is 4. The van der Waals surface area contributed by atoms with Crippen LogP contribution in [-0.4, -0.2) is 25.0 Å². The van der Waals surface area contributed by atoms with Crippen LogP contribution in [0.4, 0.5) is 0 Å². The van der Waals surface area contributed by atoms with Crippen molar-refractivity contribution in [2.45, 2.75) is 6.54 Å². The third-order valence-electron chi connectivity index (χ3n) is 3.26. The Morgan fingerprint density at radius 3 is 3.00 bits per heavy atom. The zero-order valence-electron chi connectivity index (χ0n) is 11.9. The van der Waals surface area contributed by atoms with Crippen molar-refractivity contribution in [3.8, 4) is 17.2 Å². The zero-order chi connectivity index (χ0) is 15.5. The fraction of sp³-hybridized carbons (Fsp3) is 0.200. The van der Waals surface area contributed by atoms with Gasteiger partial charge in [-0.15, -0.1) is 0 Å². The Hall–Kier alpha value is -2.96. The number of nitrogens with one attached hydrogen (secondary N) is 1. The number of aromatic nitrogens is 1. The van der Waals surface area contributed by atoms with E-state index < -0.39 is 5.91 Å². The quantitative estimate of drug-likeness (QED) is 0.647. The lowest BCUT2D eigenvalue weighted by molar-refractivity contribution is -0.906. The zero-order valence-corrected chi connectivity index (χ0v) is 11.9. The molecule has 2 N–H and O–H groups in total. The van der Waals surface area contributed by atoms with Gasteiger partial charge in [-0.3, -0.25) is 10.0 Å². The monoisotopic (exact) mass is 303 g/mol. The van der Waals surface area contributed by atoms with Crippen molar-refractivity contribution < 1.29 is 28.9 Å². The molecule has 0 aliphatic carbocycles. The molecule has 22 heavy (non-hydrogen) atoms. The van der Waals surface area contributed by atoms with Gasteiger partial charge in [0, 0.05) is 17.3 Å². The molecule has 114 valence electrons. The number of ether oxygens (including phenoxy) is 3. The normalized spacial score (nSPS) is 12.0. The molecule has 2 heterocycles. The number of carbonyl (C=O) groups excluding carboxylic acids is 1. The first kappa shape index (κ1) is 14.0. The van der Waals surface area contributed by atoms with Gasteiger partial charge in [-0.1, -0.05) is 6.07 Å². The summed E-state index contributed by atoms with van der Waals surface area (Å²) >= 11 is 0. The van der Waals surface area contributed by atoms with E-state index in [4.69, 9.17) is 14.2 Å². The summed E-state index contributed by atoms with van der Waals surface area (Å²) in [5.74, 6) is 1.18. The van der Waals surface area contributed by atoms with Crippen molar-refractivity contribution >= 4 is 5.91 Å². The van der Waals surface area contributed by atoms with Gasteiger partial charge in [0.25, 0.3) is 0 Å². The van der Waals surface area contributed by atoms with Gasteiger partial charge in [-0.25, -0.2) is 0 Å². The maximum atomic E-state index is 12.2. The number of fused-ring (bicyclic) bond motifs is 1. The first-order valence-corrected chi connectivity index (χ1v) is 6.63. The molecular weight excluding hydrogens is 288 g/mol. The highest BCUT2D eigenvalue weighted by molar-refractivity contribution is 5.93. The molecule has 1 amide bonds. The second kappa shape index (κ2) is 5.80. The van der Waals surface area contributed by atoms with E-state index >= 15 is 0 Å². The SMILES string of the molecule is COc1ccc[n+](O)c1C(=O)NCc1ccc2c(c1)OCO2. The lowest BCUT2D eigenvalue weighted by Gasteiger charge is -2.06. The highest BCUT2D eigenvalue weighted by Gasteiger charge is 2.25. The molecule has 0 bridgehead atoms. The van der Waals surface area contributed by atoms with Crippen molar-refractivity contribution in [2.75, 3.05) is 13.9 Å². The van der Waals surface area contributed by atoms with Gasteiger partial charge >= 0.3 is 11.6 Å². The molecule has 0 atom stereocenters. The van der Waals surface area contributed by atoms with Crippen molar-refractivity contribution in [2.24, 2.45) is 0 Å². The standard InChI is InChI=1S/C15H14N2O5/c1-20-12-3-2-6-17(19)14(12)15(18)16-8-10-4-5-11-13(7-10)22-9-21-11/h2-7H,8-9H2,1H3,(H-,16,18,19)/p+1. The molecule has 3 rings (SSSR count). The highest BCUT2D eigenvalue weighted by Crippen LogP contribution is 2.32. The van der Waals surface area contributed by atoms with Crippen LogP contribution in [0.3, 0.4) is 0 Å².